The van der Waals surface area contributed by atoms with Gasteiger partial charge in [0.2, 0.25) is 0 Å². The Labute approximate surface area is 113 Å². The maximum Gasteiger partial charge on any atom is 0 e. The Hall–Kier alpha value is -1.38. The average molecular weight is 330 g/mol. The Morgan fingerprint density at radius 2 is 0.632 bits per heavy atom. The molecule has 0 rings (SSSR count). The molecule has 0 unspecified atom stereocenters. The first-order valence-electron chi connectivity index (χ1n) is 2.70. The topological polar surface area (TPSA) is 79.6 Å². The van der Waals surface area contributed by atoms with Crippen molar-refractivity contribution in [1.29, 1.82) is 0 Å². The Kier molecular flexibility index (Phi) is 48.3. The number of alkyl halides is 6. The summed E-state index contributed by atoms with van der Waals surface area (Å²) in [5.41, 5.74) is 0. The van der Waals surface area contributed by atoms with Gasteiger partial charge in [0.1, 0.15) is 0 Å². The maximum absolute atomic E-state index is 10.9. The van der Waals surface area contributed by atoms with E-state index in [1.165, 1.54) is 0 Å². The van der Waals surface area contributed by atoms with Crippen molar-refractivity contribution in [3.8, 4) is 11.8 Å². The van der Waals surface area contributed by atoms with E-state index >= 15 is 0 Å². The molecule has 0 heterocycles. The Morgan fingerprint density at radius 3 is 0.684 bits per heavy atom. The molecule has 0 saturated carbocycles. The zero-order chi connectivity index (χ0) is 16.4. The van der Waals surface area contributed by atoms with Crippen LogP contribution >= 0.6 is 0 Å². The van der Waals surface area contributed by atoms with Gasteiger partial charge in [-0.2, -0.15) is 26.3 Å². The van der Waals surface area contributed by atoms with Crippen LogP contribution in [0.3, 0.4) is 0 Å². The van der Waals surface area contributed by atoms with E-state index in [1.807, 2.05) is 0 Å². The number of hydrogen-bond donors (Lipinski definition) is 0. The Morgan fingerprint density at radius 1 is 0.526 bits per heavy atom. The van der Waals surface area contributed by atoms with Gasteiger partial charge in [-0.05, 0) is 0 Å². The van der Waals surface area contributed by atoms with Gasteiger partial charge >= 0.3 is 57.6 Å². The molecule has 0 fully saturated rings. The van der Waals surface area contributed by atoms with Crippen LogP contribution in [0.2, 0.25) is 0 Å². The number of halogens is 6. The van der Waals surface area contributed by atoms with Crippen LogP contribution in [0.15, 0.2) is 0 Å². The van der Waals surface area contributed by atoms with Crippen LogP contribution in [-0.4, -0.2) is 12.4 Å². The molecule has 0 saturated heterocycles. The quantitative estimate of drug-likeness (QED) is 0.214. The van der Waals surface area contributed by atoms with Crippen molar-refractivity contribution in [3.05, 3.63) is 26.6 Å². The maximum atomic E-state index is 10.9. The van der Waals surface area contributed by atoms with Crippen molar-refractivity contribution in [2.45, 2.75) is 12.4 Å². The summed E-state index contributed by atoms with van der Waals surface area (Å²) in [4.78, 5) is 0. The van der Waals surface area contributed by atoms with Crippen molar-refractivity contribution in [1.82, 2.24) is 0 Å². The molecule has 0 aromatic carbocycles. The van der Waals surface area contributed by atoms with Crippen LogP contribution in [0.1, 0.15) is 0 Å². The summed E-state index contributed by atoms with van der Waals surface area (Å²) in [7, 11) is 0. The number of rotatable bonds is 0. The van der Waals surface area contributed by atoms with E-state index in [-0.39, 0.29) is 28.9 Å². The predicted molar refractivity (Wildman–Crippen MR) is 35.6 cm³/mol. The molecule has 0 N–H and O–H groups in total. The van der Waals surface area contributed by atoms with Gasteiger partial charge in [-0.25, -0.2) is 0 Å². The molecule has 0 amide bonds. The van der Waals surface area contributed by atoms with Gasteiger partial charge in [-0.15, -0.1) is 0 Å². The Balaban J connectivity index is -0.0000000401. The van der Waals surface area contributed by atoms with E-state index < -0.39 is 12.4 Å². The first kappa shape index (κ1) is 36.0. The summed E-state index contributed by atoms with van der Waals surface area (Å²) in [6.45, 7) is 18.0. The summed E-state index contributed by atoms with van der Waals surface area (Å²) >= 11 is 0. The van der Waals surface area contributed by atoms with Crippen molar-refractivity contribution < 1.29 is 62.0 Å². The SMILES string of the molecule is FC(F)(F)C#CC(F)(F)F.[C-]#[O+].[C-]#[O+].[C-]#[O+].[C-]#[O+].[Fe]. The minimum absolute atomic E-state index is 0. The van der Waals surface area contributed by atoms with Gasteiger partial charge in [0.05, 0.1) is 0 Å². The molecule has 0 aromatic rings. The molecule has 0 spiro atoms. The molecule has 0 aliphatic carbocycles. The van der Waals surface area contributed by atoms with E-state index in [0.29, 0.717) is 0 Å². The molecular weight excluding hydrogens is 330 g/mol. The van der Waals surface area contributed by atoms with E-state index in [9.17, 15) is 26.3 Å². The van der Waals surface area contributed by atoms with Gasteiger partial charge in [0.15, 0.2) is 0 Å². The third-order valence-electron chi connectivity index (χ3n) is 0.346. The normalized spacial score (nSPS) is 6.84. The molecular formula is C8F6FeO4. The molecule has 0 aliphatic rings. The summed E-state index contributed by atoms with van der Waals surface area (Å²) in [6.07, 6.45) is -10.1. The monoisotopic (exact) mass is 330 g/mol. The van der Waals surface area contributed by atoms with Gasteiger partial charge in [-0.3, -0.25) is 0 Å². The third kappa shape index (κ3) is 112. The van der Waals surface area contributed by atoms with Gasteiger partial charge in [0, 0.05) is 28.9 Å². The predicted octanol–water partition coefficient (Wildman–Crippen LogP) is 1.96. The van der Waals surface area contributed by atoms with Crippen LogP contribution in [0.4, 0.5) is 26.3 Å². The summed E-state index contributed by atoms with van der Waals surface area (Å²) in [6, 6.07) is 0. The first-order chi connectivity index (χ1) is 8.21. The van der Waals surface area contributed by atoms with Gasteiger partial charge in [-0.1, -0.05) is 0 Å². The first-order valence-corrected chi connectivity index (χ1v) is 2.70. The van der Waals surface area contributed by atoms with E-state index in [2.05, 4.69) is 26.6 Å². The van der Waals surface area contributed by atoms with Crippen LogP contribution in [0.5, 0.6) is 0 Å². The fourth-order valence-electron chi connectivity index (χ4n) is 0.142. The second-order valence-electron chi connectivity index (χ2n) is 1.25. The fraction of sp³-hybridized carbons (Fsp3) is 0.250. The zero-order valence-corrected chi connectivity index (χ0v) is 9.36. The third-order valence-corrected chi connectivity index (χ3v) is 0.346. The molecule has 0 aromatic heterocycles. The van der Waals surface area contributed by atoms with Gasteiger partial charge in [0.25, 0.3) is 0 Å². The largest absolute Gasteiger partial charge is 0 e. The molecule has 11 heteroatoms. The van der Waals surface area contributed by atoms with Crippen LogP contribution in [-0.2, 0) is 35.7 Å². The average Bonchev–Trinajstić information content (AvgIpc) is 2.35. The second kappa shape index (κ2) is 25.5. The summed E-state index contributed by atoms with van der Waals surface area (Å²) in [5.74, 6) is 0.174. The van der Waals surface area contributed by atoms with E-state index in [0.717, 1.165) is 0 Å². The van der Waals surface area contributed by atoms with Crippen molar-refractivity contribution in [3.63, 3.8) is 0 Å². The molecule has 106 valence electrons. The van der Waals surface area contributed by atoms with Crippen LogP contribution in [0.25, 0.3) is 0 Å². The van der Waals surface area contributed by atoms with Crippen molar-refractivity contribution in [2.24, 2.45) is 0 Å². The summed E-state index contributed by atoms with van der Waals surface area (Å²) < 4.78 is 95.5. The van der Waals surface area contributed by atoms with Crippen LogP contribution < -0.4 is 0 Å². The molecule has 0 aliphatic heterocycles. The van der Waals surface area contributed by atoms with E-state index in [4.69, 9.17) is 18.6 Å². The van der Waals surface area contributed by atoms with E-state index in [1.54, 1.807) is 0 Å². The molecule has 0 bridgehead atoms. The second-order valence-corrected chi connectivity index (χ2v) is 1.25. The summed E-state index contributed by atoms with van der Waals surface area (Å²) in [5, 5.41) is 0. The smallest absolute Gasteiger partial charge is 0 e. The number of hydrogen-bond acceptors (Lipinski definition) is 0. The molecule has 0 atom stereocenters. The van der Waals surface area contributed by atoms with Crippen molar-refractivity contribution in [2.75, 3.05) is 0 Å². The zero-order valence-electron chi connectivity index (χ0n) is 8.25. The Bertz CT molecular complexity index is 272. The minimum Gasteiger partial charge on any atom is 0 e. The molecule has 4 nitrogen and oxygen atoms in total. The van der Waals surface area contributed by atoms with Gasteiger partial charge < -0.3 is 0 Å². The molecule has 0 radical (unpaired) electrons. The fourth-order valence-corrected chi connectivity index (χ4v) is 0.142. The standard InChI is InChI=1S/C4F6.4CO.Fe/c5-3(6,7)1-2-4(8,9)10;4*1-2;. The molecule has 19 heavy (non-hydrogen) atoms. The minimum atomic E-state index is -5.07. The van der Waals surface area contributed by atoms with Crippen LogP contribution in [0, 0.1) is 38.4 Å². The van der Waals surface area contributed by atoms with Crippen molar-refractivity contribution >= 4 is 0 Å².